The van der Waals surface area contributed by atoms with Gasteiger partial charge in [-0.2, -0.15) is 0 Å². The van der Waals surface area contributed by atoms with Crippen molar-refractivity contribution in [2.45, 2.75) is 0 Å². The van der Waals surface area contributed by atoms with Crippen LogP contribution in [-0.4, -0.2) is 11.0 Å². The summed E-state index contributed by atoms with van der Waals surface area (Å²) in [7, 11) is 0. The van der Waals surface area contributed by atoms with Crippen molar-refractivity contribution in [1.29, 1.82) is 0 Å². The molecule has 0 heterocycles. The molecular formula is H4MoO5. The topological polar surface area (TPSA) is 148 Å². The van der Waals surface area contributed by atoms with Crippen LogP contribution < -0.4 is 0 Å². The maximum Gasteiger partial charge on any atom is 6.00 e. The minimum absolute atomic E-state index is 0. The summed E-state index contributed by atoms with van der Waals surface area (Å²) in [5.74, 6) is 0. The molecule has 4 N–H and O–H groups in total. The molecule has 0 aromatic heterocycles. The number of rotatable bonds is 0. The molecule has 0 unspecified atom stereocenters. The summed E-state index contributed by atoms with van der Waals surface area (Å²) in [6.45, 7) is 0. The Morgan fingerprint density at radius 1 is 0.500 bits per heavy atom. The fourth-order valence-corrected chi connectivity index (χ4v) is 0. The van der Waals surface area contributed by atoms with Crippen LogP contribution in [0.2, 0.25) is 0 Å². The number of hydrogen-bond acceptors (Lipinski definition) is 0. The molecule has 0 saturated carbocycles. The molecule has 0 amide bonds. The molecule has 6 heteroatoms. The van der Waals surface area contributed by atoms with Crippen LogP contribution in [0.4, 0.5) is 0 Å². The van der Waals surface area contributed by atoms with Crippen LogP contribution in [0.1, 0.15) is 0 Å². The van der Waals surface area contributed by atoms with E-state index in [2.05, 4.69) is 0 Å². The molecule has 0 aliphatic heterocycles. The average Bonchev–Trinajstić information content (AvgIpc) is 0. The molecule has 0 bridgehead atoms. The fraction of sp³-hybridized carbons (Fsp3) is 0. The minimum atomic E-state index is 0. The predicted octanol–water partition coefficient (Wildman–Crippen LogP) is -2.01. The Bertz CT molecular complexity index is 3.90. The summed E-state index contributed by atoms with van der Waals surface area (Å²) >= 11 is 0. The molecule has 40 valence electrons. The molecule has 0 rings (SSSR count). The van der Waals surface area contributed by atoms with Gasteiger partial charge >= 0.3 is 21.1 Å². The molecule has 0 aliphatic carbocycles. The van der Waals surface area contributed by atoms with Gasteiger partial charge in [0.2, 0.25) is 0 Å². The summed E-state index contributed by atoms with van der Waals surface area (Å²) in [4.78, 5) is 0. The Labute approximate surface area is 49.2 Å². The predicted molar refractivity (Wildman–Crippen MR) is 9.29 cm³/mol. The van der Waals surface area contributed by atoms with Gasteiger partial charge in [0.1, 0.15) is 0 Å². The first-order valence-corrected chi connectivity index (χ1v) is 0. The molecule has 0 aliphatic rings. The van der Waals surface area contributed by atoms with E-state index in [1.165, 1.54) is 0 Å². The molecule has 0 aromatic rings. The normalized spacial score (nSPS) is 0. The SMILES string of the molecule is O.O.[Mo+6].[O-2].[O-2].[O-2]. The maximum atomic E-state index is 0. The molecule has 0 fully saturated rings. The largest absolute Gasteiger partial charge is 6.00 e. The monoisotopic (exact) mass is 182 g/mol. The summed E-state index contributed by atoms with van der Waals surface area (Å²) in [5.41, 5.74) is 0. The van der Waals surface area contributed by atoms with Crippen LogP contribution in [0.15, 0.2) is 0 Å². The zero-order chi connectivity index (χ0) is 0. The Morgan fingerprint density at radius 2 is 0.500 bits per heavy atom. The van der Waals surface area contributed by atoms with Crippen molar-refractivity contribution < 1.29 is 48.4 Å². The van der Waals surface area contributed by atoms with Gasteiger partial charge < -0.3 is 27.4 Å². The van der Waals surface area contributed by atoms with E-state index in [4.69, 9.17) is 0 Å². The Morgan fingerprint density at radius 3 is 0.500 bits per heavy atom. The first kappa shape index (κ1) is 820. The van der Waals surface area contributed by atoms with Gasteiger partial charge in [0.05, 0.1) is 0 Å². The third-order valence-electron chi connectivity index (χ3n) is 0. The van der Waals surface area contributed by atoms with Crippen molar-refractivity contribution in [1.82, 2.24) is 0 Å². The third-order valence-corrected chi connectivity index (χ3v) is 0. The van der Waals surface area contributed by atoms with Crippen LogP contribution in [0.3, 0.4) is 0 Å². The van der Waals surface area contributed by atoms with Crippen LogP contribution in [-0.2, 0) is 37.5 Å². The van der Waals surface area contributed by atoms with Gasteiger partial charge in [0.15, 0.2) is 0 Å². The van der Waals surface area contributed by atoms with Crippen LogP contribution in [0.25, 0.3) is 0 Å². The van der Waals surface area contributed by atoms with E-state index in [0.717, 1.165) is 0 Å². The molecule has 0 radical (unpaired) electrons. The third kappa shape index (κ3) is 229. The van der Waals surface area contributed by atoms with E-state index in [1.807, 2.05) is 0 Å². The van der Waals surface area contributed by atoms with Crippen molar-refractivity contribution in [3.05, 3.63) is 0 Å². The van der Waals surface area contributed by atoms with Gasteiger partial charge in [-0.1, -0.05) is 0 Å². The van der Waals surface area contributed by atoms with Crippen molar-refractivity contribution in [2.24, 2.45) is 0 Å². The standard InChI is InChI=1S/Mo.2H2O.3O/h;2*1H2;;;/q+6;;;3*-2. The Kier molecular flexibility index (Phi) is 63300. The van der Waals surface area contributed by atoms with Crippen molar-refractivity contribution in [3.8, 4) is 0 Å². The quantitative estimate of drug-likeness (QED) is 0.378. The van der Waals surface area contributed by atoms with E-state index in [-0.39, 0.29) is 48.4 Å². The zero-order valence-corrected chi connectivity index (χ0v) is 4.64. The van der Waals surface area contributed by atoms with Crippen molar-refractivity contribution in [2.75, 3.05) is 0 Å². The van der Waals surface area contributed by atoms with Gasteiger partial charge in [0, 0.05) is 0 Å². The van der Waals surface area contributed by atoms with Crippen LogP contribution in [0.5, 0.6) is 0 Å². The molecular weight excluding hydrogens is 176 g/mol. The van der Waals surface area contributed by atoms with E-state index in [1.54, 1.807) is 0 Å². The van der Waals surface area contributed by atoms with Gasteiger partial charge in [-0.05, 0) is 0 Å². The molecule has 0 atom stereocenters. The van der Waals surface area contributed by atoms with Crippen molar-refractivity contribution in [3.63, 3.8) is 0 Å². The number of hydrogen-bond donors (Lipinski definition) is 0. The second-order valence-corrected chi connectivity index (χ2v) is 0. The Balaban J connectivity index is 0. The minimum Gasteiger partial charge on any atom is -2.00 e. The van der Waals surface area contributed by atoms with Gasteiger partial charge in [-0.3, -0.25) is 0 Å². The summed E-state index contributed by atoms with van der Waals surface area (Å²) in [6, 6.07) is 0. The van der Waals surface area contributed by atoms with Crippen molar-refractivity contribution >= 4 is 0 Å². The van der Waals surface area contributed by atoms with Crippen LogP contribution in [0, 0.1) is 0 Å². The average molecular weight is 180 g/mol. The molecule has 0 spiro atoms. The molecule has 5 nitrogen and oxygen atoms in total. The Hall–Kier alpha value is 0.488. The van der Waals surface area contributed by atoms with E-state index in [0.29, 0.717) is 0 Å². The molecule has 0 aromatic carbocycles. The smallest absolute Gasteiger partial charge is 2.00 e. The van der Waals surface area contributed by atoms with Gasteiger partial charge in [0.25, 0.3) is 0 Å². The second kappa shape index (κ2) is 464. The summed E-state index contributed by atoms with van der Waals surface area (Å²) in [6.07, 6.45) is 0. The van der Waals surface area contributed by atoms with Gasteiger partial charge in [-0.15, -0.1) is 0 Å². The molecule has 0 saturated heterocycles. The maximum absolute atomic E-state index is 0. The van der Waals surface area contributed by atoms with Crippen LogP contribution >= 0.6 is 0 Å². The first-order valence-electron chi connectivity index (χ1n) is 0. The van der Waals surface area contributed by atoms with E-state index < -0.39 is 0 Å². The zero-order valence-electron chi connectivity index (χ0n) is 2.63. The van der Waals surface area contributed by atoms with Gasteiger partial charge in [-0.25, -0.2) is 0 Å². The summed E-state index contributed by atoms with van der Waals surface area (Å²) < 4.78 is 0. The fourth-order valence-electron chi connectivity index (χ4n) is 0. The van der Waals surface area contributed by atoms with E-state index in [9.17, 15) is 0 Å². The first-order chi connectivity index (χ1) is 0. The summed E-state index contributed by atoms with van der Waals surface area (Å²) in [5, 5.41) is 0. The molecule has 6 heavy (non-hydrogen) atoms. The van der Waals surface area contributed by atoms with E-state index >= 15 is 0 Å². The second-order valence-electron chi connectivity index (χ2n) is 0.